The number of benzene rings is 2. The zero-order chi connectivity index (χ0) is 15.9. The van der Waals surface area contributed by atoms with E-state index < -0.39 is 5.91 Å². The third-order valence-electron chi connectivity index (χ3n) is 3.13. The van der Waals surface area contributed by atoms with E-state index in [2.05, 4.69) is 5.32 Å². The lowest BCUT2D eigenvalue weighted by Gasteiger charge is -2.07. The number of carbonyl (C=O) groups excluding carboxylic acids is 2. The number of ketones is 1. The monoisotopic (exact) mass is 295 g/mol. The largest absolute Gasteiger partial charge is 0.392 e. The van der Waals surface area contributed by atoms with E-state index in [9.17, 15) is 9.59 Å². The maximum absolute atomic E-state index is 12.2. The van der Waals surface area contributed by atoms with Crippen LogP contribution in [0.1, 0.15) is 18.1 Å². The number of carbonyl (C=O) groups is 2. The van der Waals surface area contributed by atoms with E-state index in [1.54, 1.807) is 54.6 Å². The molecule has 0 aliphatic rings. The van der Waals surface area contributed by atoms with Gasteiger partial charge in [0.15, 0.2) is 5.78 Å². The maximum atomic E-state index is 12.2. The van der Waals surface area contributed by atoms with Gasteiger partial charge in [-0.25, -0.2) is 0 Å². The number of Topliss-reactive ketones (excluding diaryl/α,β-unsaturated/α-hetero) is 1. The Bertz CT molecular complexity index is 688. The summed E-state index contributed by atoms with van der Waals surface area (Å²) in [6, 6.07) is 16.0. The second kappa shape index (κ2) is 7.33. The molecule has 2 rings (SSSR count). The minimum atomic E-state index is -0.440. The van der Waals surface area contributed by atoms with Crippen molar-refractivity contribution < 1.29 is 14.7 Å². The van der Waals surface area contributed by atoms with Crippen LogP contribution in [0.3, 0.4) is 0 Å². The molecule has 4 heteroatoms. The lowest BCUT2D eigenvalue weighted by atomic mass is 10.1. The number of aliphatic hydroxyl groups excluding tert-OH is 1. The van der Waals surface area contributed by atoms with Gasteiger partial charge in [0.25, 0.3) is 5.91 Å². The van der Waals surface area contributed by atoms with Crippen LogP contribution in [0.25, 0.3) is 6.08 Å². The Morgan fingerprint density at radius 3 is 2.23 bits per heavy atom. The maximum Gasteiger partial charge on any atom is 0.259 e. The van der Waals surface area contributed by atoms with Crippen molar-refractivity contribution in [3.8, 4) is 0 Å². The molecule has 4 nitrogen and oxygen atoms in total. The first-order valence-corrected chi connectivity index (χ1v) is 6.89. The Morgan fingerprint density at radius 1 is 1.05 bits per heavy atom. The molecular formula is C18H17NO3. The van der Waals surface area contributed by atoms with Gasteiger partial charge in [0.1, 0.15) is 0 Å². The number of nitrogens with one attached hydrogen (secondary N) is 1. The van der Waals surface area contributed by atoms with Crippen molar-refractivity contribution in [1.29, 1.82) is 0 Å². The molecule has 0 bridgehead atoms. The molecule has 1 amide bonds. The lowest BCUT2D eigenvalue weighted by molar-refractivity contribution is -0.118. The summed E-state index contributed by atoms with van der Waals surface area (Å²) >= 11 is 0. The molecule has 0 aliphatic carbocycles. The summed E-state index contributed by atoms with van der Waals surface area (Å²) in [6.45, 7) is 1.32. The first-order valence-electron chi connectivity index (χ1n) is 6.89. The highest BCUT2D eigenvalue weighted by molar-refractivity contribution is 6.25. The van der Waals surface area contributed by atoms with Gasteiger partial charge in [-0.15, -0.1) is 0 Å². The molecule has 0 radical (unpaired) electrons. The molecule has 2 N–H and O–H groups in total. The van der Waals surface area contributed by atoms with E-state index in [0.29, 0.717) is 5.69 Å². The number of amides is 1. The van der Waals surface area contributed by atoms with Gasteiger partial charge in [0, 0.05) is 5.69 Å². The van der Waals surface area contributed by atoms with Gasteiger partial charge in [-0.3, -0.25) is 9.59 Å². The fraction of sp³-hybridized carbons (Fsp3) is 0.111. The van der Waals surface area contributed by atoms with Crippen molar-refractivity contribution in [2.75, 3.05) is 5.32 Å². The summed E-state index contributed by atoms with van der Waals surface area (Å²) in [5, 5.41) is 11.7. The molecule has 0 unspecified atom stereocenters. The number of hydrogen-bond acceptors (Lipinski definition) is 3. The van der Waals surface area contributed by atoms with Gasteiger partial charge >= 0.3 is 0 Å². The molecule has 0 aliphatic heterocycles. The smallest absolute Gasteiger partial charge is 0.259 e. The van der Waals surface area contributed by atoms with Crippen LogP contribution in [-0.4, -0.2) is 16.8 Å². The number of hydrogen-bond donors (Lipinski definition) is 2. The highest BCUT2D eigenvalue weighted by Gasteiger charge is 2.14. The van der Waals surface area contributed by atoms with Crippen molar-refractivity contribution in [2.45, 2.75) is 13.5 Å². The first-order chi connectivity index (χ1) is 10.6. The average molecular weight is 295 g/mol. The second-order valence-electron chi connectivity index (χ2n) is 4.83. The van der Waals surface area contributed by atoms with E-state index in [1.165, 1.54) is 6.92 Å². The Balaban J connectivity index is 2.23. The minimum absolute atomic E-state index is 0.0436. The summed E-state index contributed by atoms with van der Waals surface area (Å²) < 4.78 is 0. The molecular weight excluding hydrogens is 278 g/mol. The van der Waals surface area contributed by atoms with Crippen LogP contribution >= 0.6 is 0 Å². The zero-order valence-electron chi connectivity index (χ0n) is 12.2. The molecule has 0 spiro atoms. The Morgan fingerprint density at radius 2 is 1.68 bits per heavy atom. The van der Waals surface area contributed by atoms with E-state index >= 15 is 0 Å². The summed E-state index contributed by atoms with van der Waals surface area (Å²) in [5.74, 6) is -0.746. The summed E-state index contributed by atoms with van der Waals surface area (Å²) in [7, 11) is 0. The highest BCUT2D eigenvalue weighted by atomic mass is 16.3. The number of rotatable bonds is 5. The van der Waals surface area contributed by atoms with Crippen LogP contribution in [-0.2, 0) is 16.2 Å². The molecule has 0 heterocycles. The predicted molar refractivity (Wildman–Crippen MR) is 86.1 cm³/mol. The fourth-order valence-corrected chi connectivity index (χ4v) is 1.93. The molecule has 22 heavy (non-hydrogen) atoms. The van der Waals surface area contributed by atoms with Crippen LogP contribution < -0.4 is 5.32 Å². The number of aliphatic hydroxyl groups is 1. The summed E-state index contributed by atoms with van der Waals surface area (Å²) in [4.78, 5) is 24.0. The van der Waals surface area contributed by atoms with E-state index in [-0.39, 0.29) is 18.0 Å². The van der Waals surface area contributed by atoms with E-state index in [0.717, 1.165) is 11.1 Å². The van der Waals surface area contributed by atoms with Crippen molar-refractivity contribution in [1.82, 2.24) is 0 Å². The Hall–Kier alpha value is -2.72. The van der Waals surface area contributed by atoms with Gasteiger partial charge in [-0.2, -0.15) is 0 Å². The molecule has 112 valence electrons. The van der Waals surface area contributed by atoms with Crippen molar-refractivity contribution in [3.63, 3.8) is 0 Å². The summed E-state index contributed by atoms with van der Waals surface area (Å²) in [6.07, 6.45) is 1.54. The van der Waals surface area contributed by atoms with Crippen LogP contribution in [0.15, 0.2) is 60.2 Å². The average Bonchev–Trinajstić information content (AvgIpc) is 2.53. The quantitative estimate of drug-likeness (QED) is 0.506. The normalized spacial score (nSPS) is 11.1. The topological polar surface area (TPSA) is 66.4 Å². The number of anilines is 1. The van der Waals surface area contributed by atoms with Crippen LogP contribution in [0, 0.1) is 0 Å². The van der Waals surface area contributed by atoms with Gasteiger partial charge in [-0.05, 0) is 36.3 Å². The molecule has 2 aromatic carbocycles. The van der Waals surface area contributed by atoms with Crippen molar-refractivity contribution in [2.24, 2.45) is 0 Å². The molecule has 0 aromatic heterocycles. The van der Waals surface area contributed by atoms with Crippen molar-refractivity contribution in [3.05, 3.63) is 71.3 Å². The second-order valence-corrected chi connectivity index (χ2v) is 4.83. The molecule has 0 fully saturated rings. The van der Waals surface area contributed by atoms with Gasteiger partial charge < -0.3 is 10.4 Å². The SMILES string of the molecule is CC(=O)/C(=C\c1ccc(CO)cc1)C(=O)Nc1ccccc1. The fourth-order valence-electron chi connectivity index (χ4n) is 1.93. The third-order valence-corrected chi connectivity index (χ3v) is 3.13. The third kappa shape index (κ3) is 4.14. The minimum Gasteiger partial charge on any atom is -0.392 e. The van der Waals surface area contributed by atoms with Gasteiger partial charge in [0.05, 0.1) is 12.2 Å². The van der Waals surface area contributed by atoms with Crippen LogP contribution in [0.5, 0.6) is 0 Å². The predicted octanol–water partition coefficient (Wildman–Crippen LogP) is 2.79. The van der Waals surface area contributed by atoms with E-state index in [4.69, 9.17) is 5.11 Å². The van der Waals surface area contributed by atoms with Crippen LogP contribution in [0.2, 0.25) is 0 Å². The van der Waals surface area contributed by atoms with Crippen LogP contribution in [0.4, 0.5) is 5.69 Å². The van der Waals surface area contributed by atoms with Gasteiger partial charge in [0.2, 0.25) is 0 Å². The van der Waals surface area contributed by atoms with Crippen molar-refractivity contribution >= 4 is 23.5 Å². The molecule has 2 aromatic rings. The standard InChI is InChI=1S/C18H17NO3/c1-13(21)17(11-14-7-9-15(12-20)10-8-14)18(22)19-16-5-3-2-4-6-16/h2-11,20H,12H2,1H3,(H,19,22)/b17-11+. The summed E-state index contributed by atoms with van der Waals surface area (Å²) in [5.41, 5.74) is 2.22. The molecule has 0 saturated carbocycles. The van der Waals surface area contributed by atoms with Gasteiger partial charge in [-0.1, -0.05) is 42.5 Å². The Kier molecular flexibility index (Phi) is 5.22. The zero-order valence-corrected chi connectivity index (χ0v) is 12.2. The highest BCUT2D eigenvalue weighted by Crippen LogP contribution is 2.13. The molecule has 0 atom stereocenters. The number of para-hydroxylation sites is 1. The van der Waals surface area contributed by atoms with E-state index in [1.807, 2.05) is 6.07 Å². The Labute approximate surface area is 129 Å². The molecule has 0 saturated heterocycles. The first kappa shape index (κ1) is 15.7. The lowest BCUT2D eigenvalue weighted by Crippen LogP contribution is -2.18.